The number of anilines is 1. The van der Waals surface area contributed by atoms with Crippen molar-refractivity contribution < 1.29 is 19.0 Å². The van der Waals surface area contributed by atoms with E-state index >= 15 is 0 Å². The highest BCUT2D eigenvalue weighted by Gasteiger charge is 2.19. The molecule has 0 spiro atoms. The van der Waals surface area contributed by atoms with E-state index in [2.05, 4.69) is 26.2 Å². The summed E-state index contributed by atoms with van der Waals surface area (Å²) in [6, 6.07) is 8.85. The Morgan fingerprint density at radius 2 is 2.03 bits per heavy atom. The maximum absolute atomic E-state index is 12.8. The van der Waals surface area contributed by atoms with Crippen LogP contribution in [0, 0.1) is 0 Å². The molecule has 0 fully saturated rings. The van der Waals surface area contributed by atoms with Gasteiger partial charge in [-0.25, -0.2) is 4.98 Å². The maximum atomic E-state index is 12.8. The van der Waals surface area contributed by atoms with Gasteiger partial charge in [-0.15, -0.1) is 11.3 Å². The first-order valence-electron chi connectivity index (χ1n) is 8.58. The first-order valence-corrected chi connectivity index (χ1v) is 10.6. The highest BCUT2D eigenvalue weighted by atomic mass is 79.9. The molecule has 3 rings (SSSR count). The van der Waals surface area contributed by atoms with Crippen molar-refractivity contribution in [3.8, 4) is 27.8 Å². The van der Waals surface area contributed by atoms with Crippen molar-refractivity contribution in [1.82, 2.24) is 4.98 Å². The van der Waals surface area contributed by atoms with Crippen molar-refractivity contribution in [1.29, 1.82) is 0 Å². The van der Waals surface area contributed by atoms with Gasteiger partial charge in [0, 0.05) is 10.4 Å². The molecule has 0 atom stereocenters. The van der Waals surface area contributed by atoms with Gasteiger partial charge in [0.15, 0.2) is 17.2 Å². The summed E-state index contributed by atoms with van der Waals surface area (Å²) in [5.41, 5.74) is 1.48. The molecule has 1 heterocycles. The molecule has 0 saturated heterocycles. The van der Waals surface area contributed by atoms with E-state index in [4.69, 9.17) is 25.8 Å². The van der Waals surface area contributed by atoms with Gasteiger partial charge in [0.05, 0.1) is 36.6 Å². The Bertz CT molecular complexity index is 1040. The number of nitrogens with one attached hydrogen (secondary N) is 1. The standard InChI is InChI=1S/C20H18BrClN2O4S/c1-4-28-18-13(21)8-11(22)9-14(18)23-19(25)15-10-29-20(24-15)12-6-5-7-16(26-2)17(12)27-3/h5-10H,4H2,1-3H3,(H,23,25). The molecular formula is C20H18BrClN2O4S. The molecule has 0 aliphatic rings. The lowest BCUT2D eigenvalue weighted by Crippen LogP contribution is -2.13. The molecule has 29 heavy (non-hydrogen) atoms. The summed E-state index contributed by atoms with van der Waals surface area (Å²) in [4.78, 5) is 17.2. The number of hydrogen-bond acceptors (Lipinski definition) is 6. The van der Waals surface area contributed by atoms with Gasteiger partial charge in [-0.05, 0) is 47.1 Å². The van der Waals surface area contributed by atoms with E-state index in [0.717, 1.165) is 5.56 Å². The fourth-order valence-electron chi connectivity index (χ4n) is 2.69. The number of halogens is 2. The lowest BCUT2D eigenvalue weighted by Gasteiger charge is -2.13. The van der Waals surface area contributed by atoms with Gasteiger partial charge in [-0.3, -0.25) is 4.79 Å². The molecule has 0 unspecified atom stereocenters. The summed E-state index contributed by atoms with van der Waals surface area (Å²) >= 11 is 10.9. The van der Waals surface area contributed by atoms with Crippen LogP contribution in [0.3, 0.4) is 0 Å². The van der Waals surface area contributed by atoms with Gasteiger partial charge in [0.1, 0.15) is 10.7 Å². The first kappa shape index (κ1) is 21.4. The number of carbonyl (C=O) groups excluding carboxylic acids is 1. The predicted octanol–water partition coefficient (Wildman–Crippen LogP) is 5.89. The van der Waals surface area contributed by atoms with Crippen LogP contribution in [0.25, 0.3) is 10.6 Å². The normalized spacial score (nSPS) is 10.5. The van der Waals surface area contributed by atoms with Gasteiger partial charge in [0.25, 0.3) is 5.91 Å². The molecule has 0 aliphatic carbocycles. The van der Waals surface area contributed by atoms with E-state index < -0.39 is 0 Å². The van der Waals surface area contributed by atoms with Crippen molar-refractivity contribution in [3.63, 3.8) is 0 Å². The molecule has 9 heteroatoms. The van der Waals surface area contributed by atoms with Gasteiger partial charge < -0.3 is 19.5 Å². The van der Waals surface area contributed by atoms with Crippen molar-refractivity contribution in [3.05, 3.63) is 50.9 Å². The van der Waals surface area contributed by atoms with Crippen LogP contribution < -0.4 is 19.5 Å². The Hall–Kier alpha value is -2.29. The number of hydrogen-bond donors (Lipinski definition) is 1. The number of rotatable bonds is 7. The average molecular weight is 498 g/mol. The quantitative estimate of drug-likeness (QED) is 0.440. The van der Waals surface area contributed by atoms with Crippen LogP contribution in [-0.2, 0) is 0 Å². The van der Waals surface area contributed by atoms with Crippen LogP contribution in [0.4, 0.5) is 5.69 Å². The van der Waals surface area contributed by atoms with E-state index in [1.165, 1.54) is 11.3 Å². The van der Waals surface area contributed by atoms with Crippen molar-refractivity contribution in [2.75, 3.05) is 26.1 Å². The minimum Gasteiger partial charge on any atom is -0.493 e. The average Bonchev–Trinajstić information content (AvgIpc) is 3.20. The predicted molar refractivity (Wildman–Crippen MR) is 119 cm³/mol. The summed E-state index contributed by atoms with van der Waals surface area (Å²) in [6.45, 7) is 2.31. The van der Waals surface area contributed by atoms with Gasteiger partial charge in [-0.1, -0.05) is 17.7 Å². The zero-order valence-electron chi connectivity index (χ0n) is 15.9. The molecule has 3 aromatic rings. The fourth-order valence-corrected chi connectivity index (χ4v) is 4.43. The number of amides is 1. The Morgan fingerprint density at radius 3 is 2.72 bits per heavy atom. The molecule has 0 aliphatic heterocycles. The molecule has 6 nitrogen and oxygen atoms in total. The van der Waals surface area contributed by atoms with Crippen molar-refractivity contribution in [2.24, 2.45) is 0 Å². The highest BCUT2D eigenvalue weighted by Crippen LogP contribution is 2.40. The summed E-state index contributed by atoms with van der Waals surface area (Å²) in [7, 11) is 3.14. The van der Waals surface area contributed by atoms with E-state index in [1.807, 2.05) is 19.1 Å². The van der Waals surface area contributed by atoms with E-state index in [9.17, 15) is 4.79 Å². The Morgan fingerprint density at radius 1 is 1.24 bits per heavy atom. The summed E-state index contributed by atoms with van der Waals surface area (Å²) in [6.07, 6.45) is 0. The minimum absolute atomic E-state index is 0.272. The molecular weight excluding hydrogens is 480 g/mol. The van der Waals surface area contributed by atoms with E-state index in [-0.39, 0.29) is 11.6 Å². The molecule has 152 valence electrons. The second-order valence-corrected chi connectivity index (χ2v) is 7.88. The van der Waals surface area contributed by atoms with Crippen LogP contribution in [0.2, 0.25) is 5.02 Å². The van der Waals surface area contributed by atoms with Crippen molar-refractivity contribution >= 4 is 50.5 Å². The highest BCUT2D eigenvalue weighted by molar-refractivity contribution is 9.10. The molecule has 1 aromatic heterocycles. The molecule has 1 N–H and O–H groups in total. The lowest BCUT2D eigenvalue weighted by atomic mass is 10.2. The minimum atomic E-state index is -0.371. The number of aromatic nitrogens is 1. The SMILES string of the molecule is CCOc1c(Br)cc(Cl)cc1NC(=O)c1csc(-c2cccc(OC)c2OC)n1. The van der Waals surface area contributed by atoms with Gasteiger partial charge in [0.2, 0.25) is 0 Å². The largest absolute Gasteiger partial charge is 0.493 e. The van der Waals surface area contributed by atoms with Gasteiger partial charge in [-0.2, -0.15) is 0 Å². The summed E-state index contributed by atoms with van der Waals surface area (Å²) in [5, 5.41) is 5.61. The molecule has 1 amide bonds. The summed E-state index contributed by atoms with van der Waals surface area (Å²) in [5.74, 6) is 1.30. The monoisotopic (exact) mass is 496 g/mol. The van der Waals surface area contributed by atoms with E-state index in [0.29, 0.717) is 44.0 Å². The second kappa shape index (κ2) is 9.47. The van der Waals surface area contributed by atoms with Crippen molar-refractivity contribution in [2.45, 2.75) is 6.92 Å². The lowest BCUT2D eigenvalue weighted by molar-refractivity contribution is 0.102. The maximum Gasteiger partial charge on any atom is 0.275 e. The Labute approximate surface area is 185 Å². The van der Waals surface area contributed by atoms with E-state index in [1.54, 1.807) is 37.8 Å². The number of carbonyl (C=O) groups is 1. The zero-order valence-corrected chi connectivity index (χ0v) is 19.1. The van der Waals surface area contributed by atoms with Crippen LogP contribution in [0.15, 0.2) is 40.2 Å². The van der Waals surface area contributed by atoms with Crippen LogP contribution >= 0.6 is 38.9 Å². The number of ether oxygens (including phenoxy) is 3. The third kappa shape index (κ3) is 4.66. The smallest absolute Gasteiger partial charge is 0.275 e. The fraction of sp³-hybridized carbons (Fsp3) is 0.200. The van der Waals surface area contributed by atoms with Crippen LogP contribution in [-0.4, -0.2) is 31.7 Å². The second-order valence-electron chi connectivity index (χ2n) is 5.73. The Balaban J connectivity index is 1.90. The number of benzene rings is 2. The molecule has 0 saturated carbocycles. The first-order chi connectivity index (χ1) is 14.0. The van der Waals surface area contributed by atoms with Crippen LogP contribution in [0.1, 0.15) is 17.4 Å². The molecule has 0 bridgehead atoms. The number of thiazole rings is 1. The molecule has 2 aromatic carbocycles. The summed E-state index contributed by atoms with van der Waals surface area (Å²) < 4.78 is 17.1. The third-order valence-corrected chi connectivity index (χ3v) is 5.60. The zero-order chi connectivity index (χ0) is 21.0. The topological polar surface area (TPSA) is 69.7 Å². The number of methoxy groups -OCH3 is 2. The number of para-hydroxylation sites is 1. The van der Waals surface area contributed by atoms with Gasteiger partial charge >= 0.3 is 0 Å². The number of nitrogens with zero attached hydrogens (tertiary/aromatic N) is 1. The Kier molecular flexibility index (Phi) is 7.00. The third-order valence-electron chi connectivity index (χ3n) is 3.92. The molecule has 0 radical (unpaired) electrons. The van der Waals surface area contributed by atoms with Crippen LogP contribution in [0.5, 0.6) is 17.2 Å².